The molecule has 2 aliphatic rings. The first-order chi connectivity index (χ1) is 14.3. The first-order valence-corrected chi connectivity index (χ1v) is 9.52. The van der Waals surface area contributed by atoms with Crippen molar-refractivity contribution in [1.29, 1.82) is 0 Å². The maximum atomic E-state index is 12.7. The Kier molecular flexibility index (Phi) is 5.33. The van der Waals surface area contributed by atoms with Crippen molar-refractivity contribution in [1.82, 2.24) is 0 Å². The van der Waals surface area contributed by atoms with Crippen molar-refractivity contribution in [2.45, 2.75) is 43.9 Å². The van der Waals surface area contributed by atoms with Gasteiger partial charge in [-0.25, -0.2) is 9.59 Å². The molecule has 0 aliphatic carbocycles. The first-order valence-electron chi connectivity index (χ1n) is 9.52. The standard InChI is InChI=1S/C22H22O8/c1-21(2)27-16-17(23)22(30-20(16)29-21,28-19(25)15-11-7-4-8-12-15)13-26-18(24)14-9-5-3-6-10-14/h3-12,16-17,20,23H,13H2,1-2H3/t16-,17-,20+,22+/m1/s1. The Morgan fingerprint density at radius 1 is 0.900 bits per heavy atom. The van der Waals surface area contributed by atoms with Crippen LogP contribution in [0.5, 0.6) is 0 Å². The number of carbonyl (C=O) groups excluding carboxylic acids is 2. The molecule has 2 aromatic carbocycles. The number of fused-ring (bicyclic) bond motifs is 1. The zero-order chi connectivity index (χ0) is 21.4. The Morgan fingerprint density at radius 3 is 2.03 bits per heavy atom. The lowest BCUT2D eigenvalue weighted by Crippen LogP contribution is -2.52. The van der Waals surface area contributed by atoms with Gasteiger partial charge in [-0.2, -0.15) is 0 Å². The van der Waals surface area contributed by atoms with E-state index in [4.69, 9.17) is 23.7 Å². The van der Waals surface area contributed by atoms with Gasteiger partial charge in [0.25, 0.3) is 5.79 Å². The highest BCUT2D eigenvalue weighted by atomic mass is 16.9. The number of aliphatic hydroxyl groups is 1. The van der Waals surface area contributed by atoms with Crippen LogP contribution in [0, 0.1) is 0 Å². The second-order valence-corrected chi connectivity index (χ2v) is 7.54. The van der Waals surface area contributed by atoms with Gasteiger partial charge >= 0.3 is 11.9 Å². The molecule has 0 aromatic heterocycles. The molecule has 0 bridgehead atoms. The number of benzene rings is 2. The van der Waals surface area contributed by atoms with Gasteiger partial charge in [0.1, 0.15) is 6.10 Å². The Labute approximate surface area is 173 Å². The van der Waals surface area contributed by atoms with Crippen molar-refractivity contribution in [2.75, 3.05) is 6.61 Å². The normalized spacial score (nSPS) is 29.2. The predicted octanol–water partition coefficient (Wildman–Crippen LogP) is 2.27. The van der Waals surface area contributed by atoms with E-state index < -0.39 is 48.6 Å². The highest BCUT2D eigenvalue weighted by molar-refractivity contribution is 5.90. The second kappa shape index (κ2) is 7.81. The van der Waals surface area contributed by atoms with Crippen LogP contribution in [0.4, 0.5) is 0 Å². The molecule has 2 saturated heterocycles. The van der Waals surface area contributed by atoms with Gasteiger partial charge in [-0.15, -0.1) is 0 Å². The average molecular weight is 414 g/mol. The summed E-state index contributed by atoms with van der Waals surface area (Å²) in [5.74, 6) is -4.36. The van der Waals surface area contributed by atoms with Crippen LogP contribution in [-0.4, -0.2) is 53.7 Å². The number of hydrogen-bond acceptors (Lipinski definition) is 8. The molecule has 8 heteroatoms. The lowest BCUT2D eigenvalue weighted by atomic mass is 10.1. The minimum atomic E-state index is -1.98. The molecule has 2 fully saturated rings. The minimum Gasteiger partial charge on any atom is -0.455 e. The minimum absolute atomic E-state index is 0.251. The summed E-state index contributed by atoms with van der Waals surface area (Å²) in [6, 6.07) is 16.5. The van der Waals surface area contributed by atoms with E-state index >= 15 is 0 Å². The molecule has 30 heavy (non-hydrogen) atoms. The molecule has 4 rings (SSSR count). The number of hydrogen-bond donors (Lipinski definition) is 1. The molecule has 0 radical (unpaired) electrons. The van der Waals surface area contributed by atoms with Crippen LogP contribution < -0.4 is 0 Å². The van der Waals surface area contributed by atoms with Gasteiger partial charge in [0.2, 0.25) is 0 Å². The zero-order valence-electron chi connectivity index (χ0n) is 16.5. The molecule has 158 valence electrons. The lowest BCUT2D eigenvalue weighted by Gasteiger charge is -2.33. The summed E-state index contributed by atoms with van der Waals surface area (Å²) >= 11 is 0. The second-order valence-electron chi connectivity index (χ2n) is 7.54. The van der Waals surface area contributed by atoms with Crippen LogP contribution in [-0.2, 0) is 23.7 Å². The van der Waals surface area contributed by atoms with Crippen LogP contribution in [0.15, 0.2) is 60.7 Å². The molecular weight excluding hydrogens is 392 g/mol. The molecule has 2 heterocycles. The van der Waals surface area contributed by atoms with Gasteiger partial charge in [0.15, 0.2) is 24.8 Å². The van der Waals surface area contributed by atoms with Gasteiger partial charge in [-0.1, -0.05) is 36.4 Å². The maximum absolute atomic E-state index is 12.7. The molecule has 0 spiro atoms. The molecular formula is C22H22O8. The van der Waals surface area contributed by atoms with Crippen LogP contribution in [0.1, 0.15) is 34.6 Å². The molecule has 0 saturated carbocycles. The molecule has 4 atom stereocenters. The monoisotopic (exact) mass is 414 g/mol. The van der Waals surface area contributed by atoms with Gasteiger partial charge in [-0.05, 0) is 38.1 Å². The third kappa shape index (κ3) is 3.95. The quantitative estimate of drug-likeness (QED) is 0.744. The third-order valence-corrected chi connectivity index (χ3v) is 4.85. The van der Waals surface area contributed by atoms with Crippen LogP contribution in [0.2, 0.25) is 0 Å². The van der Waals surface area contributed by atoms with Gasteiger partial charge < -0.3 is 28.8 Å². The number of carbonyl (C=O) groups is 2. The largest absolute Gasteiger partial charge is 0.455 e. The average Bonchev–Trinajstić information content (AvgIpc) is 3.17. The molecule has 1 N–H and O–H groups in total. The number of aliphatic hydroxyl groups excluding tert-OH is 1. The Balaban J connectivity index is 1.56. The van der Waals surface area contributed by atoms with Gasteiger partial charge in [-0.3, -0.25) is 0 Å². The van der Waals surface area contributed by atoms with Crippen molar-refractivity contribution in [3.63, 3.8) is 0 Å². The number of ether oxygens (including phenoxy) is 5. The SMILES string of the molecule is CC1(C)O[C@H]2O[C@](COC(=O)c3ccccc3)(OC(=O)c3ccccc3)[C@H](O)[C@H]2O1. The van der Waals surface area contributed by atoms with E-state index in [-0.39, 0.29) is 5.56 Å². The van der Waals surface area contributed by atoms with Gasteiger partial charge in [0, 0.05) is 0 Å². The number of rotatable bonds is 5. The van der Waals surface area contributed by atoms with Crippen LogP contribution in [0.25, 0.3) is 0 Å². The predicted molar refractivity (Wildman–Crippen MR) is 102 cm³/mol. The van der Waals surface area contributed by atoms with E-state index in [1.54, 1.807) is 74.5 Å². The summed E-state index contributed by atoms with van der Waals surface area (Å²) < 4.78 is 28.0. The highest BCUT2D eigenvalue weighted by Crippen LogP contribution is 2.43. The highest BCUT2D eigenvalue weighted by Gasteiger charge is 2.64. The lowest BCUT2D eigenvalue weighted by molar-refractivity contribution is -0.306. The maximum Gasteiger partial charge on any atom is 0.340 e. The van der Waals surface area contributed by atoms with Crippen molar-refractivity contribution in [3.05, 3.63) is 71.8 Å². The van der Waals surface area contributed by atoms with Crippen molar-refractivity contribution < 1.29 is 38.4 Å². The Bertz CT molecular complexity index is 913. The smallest absolute Gasteiger partial charge is 0.340 e. The molecule has 0 unspecified atom stereocenters. The van der Waals surface area contributed by atoms with E-state index in [0.29, 0.717) is 5.56 Å². The van der Waals surface area contributed by atoms with E-state index in [0.717, 1.165) is 0 Å². The Morgan fingerprint density at radius 2 is 1.47 bits per heavy atom. The third-order valence-electron chi connectivity index (χ3n) is 4.85. The van der Waals surface area contributed by atoms with Gasteiger partial charge in [0.05, 0.1) is 11.1 Å². The topological polar surface area (TPSA) is 101 Å². The number of esters is 2. The van der Waals surface area contributed by atoms with Crippen molar-refractivity contribution in [3.8, 4) is 0 Å². The van der Waals surface area contributed by atoms with Crippen molar-refractivity contribution >= 4 is 11.9 Å². The molecule has 0 amide bonds. The Hall–Kier alpha value is -2.78. The fraction of sp³-hybridized carbons (Fsp3) is 0.364. The van der Waals surface area contributed by atoms with E-state index in [1.807, 2.05) is 0 Å². The zero-order valence-corrected chi connectivity index (χ0v) is 16.5. The molecule has 8 nitrogen and oxygen atoms in total. The summed E-state index contributed by atoms with van der Waals surface area (Å²) in [7, 11) is 0. The van der Waals surface area contributed by atoms with Crippen molar-refractivity contribution in [2.24, 2.45) is 0 Å². The first kappa shape index (κ1) is 20.5. The van der Waals surface area contributed by atoms with Crippen LogP contribution >= 0.6 is 0 Å². The summed E-state index contributed by atoms with van der Waals surface area (Å²) in [4.78, 5) is 25.1. The summed E-state index contributed by atoms with van der Waals surface area (Å²) in [5.41, 5.74) is 0.560. The molecule has 2 aromatic rings. The summed E-state index contributed by atoms with van der Waals surface area (Å²) in [5, 5.41) is 10.9. The van der Waals surface area contributed by atoms with Crippen LogP contribution in [0.3, 0.4) is 0 Å². The van der Waals surface area contributed by atoms with E-state index in [1.165, 1.54) is 0 Å². The van der Waals surface area contributed by atoms with E-state index in [2.05, 4.69) is 0 Å². The summed E-state index contributed by atoms with van der Waals surface area (Å²) in [6.07, 6.45) is -3.35. The summed E-state index contributed by atoms with van der Waals surface area (Å²) in [6.45, 7) is 2.81. The van der Waals surface area contributed by atoms with E-state index in [9.17, 15) is 14.7 Å². The molecule has 2 aliphatic heterocycles. The fourth-order valence-electron chi connectivity index (χ4n) is 3.43. The fourth-order valence-corrected chi connectivity index (χ4v) is 3.43.